The van der Waals surface area contributed by atoms with E-state index < -0.39 is 0 Å². The Balaban J connectivity index is 2.78. The van der Waals surface area contributed by atoms with Gasteiger partial charge in [-0.15, -0.1) is 11.8 Å². The van der Waals surface area contributed by atoms with Crippen molar-refractivity contribution in [1.82, 2.24) is 0 Å². The molecule has 7 heavy (non-hydrogen) atoms. The molecule has 42 valence electrons. The van der Waals surface area contributed by atoms with E-state index in [9.17, 15) is 0 Å². The van der Waals surface area contributed by atoms with E-state index >= 15 is 0 Å². The molecule has 1 N–H and O–H groups in total. The van der Waals surface area contributed by atoms with E-state index in [1.807, 2.05) is 5.41 Å². The van der Waals surface area contributed by atoms with Gasteiger partial charge in [0, 0.05) is 0 Å². The summed E-state index contributed by atoms with van der Waals surface area (Å²) in [5, 5.41) is 10.1. The topological polar surface area (TPSA) is 20.2 Å². The molecule has 0 spiro atoms. The van der Waals surface area contributed by atoms with E-state index in [-0.39, 0.29) is 6.61 Å². The minimum absolute atomic E-state index is 0.160. The fraction of sp³-hybridized carbons (Fsp3) is 0.600. The van der Waals surface area contributed by atoms with Crippen molar-refractivity contribution in [2.75, 3.05) is 12.4 Å². The van der Waals surface area contributed by atoms with Crippen LogP contribution in [0.4, 0.5) is 0 Å². The van der Waals surface area contributed by atoms with Gasteiger partial charge < -0.3 is 5.11 Å². The number of thioether (sulfide) groups is 1. The summed E-state index contributed by atoms with van der Waals surface area (Å²) in [5.41, 5.74) is 0. The molecule has 0 aromatic carbocycles. The summed E-state index contributed by atoms with van der Waals surface area (Å²) in [4.78, 5) is 0. The molecule has 0 aliphatic heterocycles. The summed E-state index contributed by atoms with van der Waals surface area (Å²) in [7, 11) is 0. The fourth-order valence-corrected chi connectivity index (χ4v) is 0.622. The van der Waals surface area contributed by atoms with Gasteiger partial charge in [0.2, 0.25) is 0 Å². The highest BCUT2D eigenvalue weighted by molar-refractivity contribution is 8.02. The molecule has 0 heterocycles. The van der Waals surface area contributed by atoms with Gasteiger partial charge in [0.1, 0.15) is 0 Å². The van der Waals surface area contributed by atoms with Gasteiger partial charge in [-0.25, -0.2) is 0 Å². The van der Waals surface area contributed by atoms with Crippen molar-refractivity contribution < 1.29 is 5.11 Å². The largest absolute Gasteiger partial charge is 0.392 e. The maximum absolute atomic E-state index is 8.19. The molecule has 0 atom stereocenters. The van der Waals surface area contributed by atoms with Gasteiger partial charge in [0.05, 0.1) is 6.61 Å². The average Bonchev–Trinajstić information content (AvgIpc) is 1.69. The van der Waals surface area contributed by atoms with E-state index in [0.29, 0.717) is 0 Å². The minimum Gasteiger partial charge on any atom is -0.392 e. The molecule has 0 rings (SSSR count). The van der Waals surface area contributed by atoms with E-state index in [1.165, 1.54) is 0 Å². The molecule has 0 aliphatic rings. The van der Waals surface area contributed by atoms with E-state index in [2.05, 4.69) is 6.92 Å². The van der Waals surface area contributed by atoms with Crippen LogP contribution in [0, 0.1) is 0 Å². The van der Waals surface area contributed by atoms with Crippen molar-refractivity contribution in [3.8, 4) is 0 Å². The van der Waals surface area contributed by atoms with Gasteiger partial charge in [0.25, 0.3) is 0 Å². The first-order valence-electron chi connectivity index (χ1n) is 2.29. The van der Waals surface area contributed by atoms with Crippen LogP contribution in [0.5, 0.6) is 0 Å². The van der Waals surface area contributed by atoms with Gasteiger partial charge in [-0.1, -0.05) is 13.0 Å². The van der Waals surface area contributed by atoms with E-state index in [1.54, 1.807) is 17.8 Å². The first-order valence-corrected chi connectivity index (χ1v) is 3.34. The number of rotatable bonds is 3. The highest BCUT2D eigenvalue weighted by Gasteiger charge is 1.68. The lowest BCUT2D eigenvalue weighted by Crippen LogP contribution is -1.67. The maximum atomic E-state index is 8.19. The second-order valence-electron chi connectivity index (χ2n) is 1.01. The van der Waals surface area contributed by atoms with Gasteiger partial charge in [-0.2, -0.15) is 0 Å². The third-order valence-corrected chi connectivity index (χ3v) is 1.18. The third-order valence-electron chi connectivity index (χ3n) is 0.465. The smallest absolute Gasteiger partial charge is 0.0620 e. The molecule has 0 saturated heterocycles. The number of hydrogen-bond donors (Lipinski definition) is 1. The van der Waals surface area contributed by atoms with Crippen molar-refractivity contribution in [1.29, 1.82) is 0 Å². The van der Waals surface area contributed by atoms with E-state index in [4.69, 9.17) is 5.11 Å². The molecule has 0 radical (unpaired) electrons. The standard InChI is InChI=1S/C5H10OS/c1-2-7-5-3-4-6/h3,5-6H,2,4H2,1H3/b5-3-. The molecule has 0 aromatic heterocycles. The van der Waals surface area contributed by atoms with Gasteiger partial charge in [0.15, 0.2) is 0 Å². The lowest BCUT2D eigenvalue weighted by molar-refractivity contribution is 0.343. The Morgan fingerprint density at radius 1 is 1.71 bits per heavy atom. The Kier molecular flexibility index (Phi) is 6.09. The van der Waals surface area contributed by atoms with Crippen LogP contribution in [0.3, 0.4) is 0 Å². The Bertz CT molecular complexity index is 52.0. The zero-order chi connectivity index (χ0) is 5.54. The van der Waals surface area contributed by atoms with Gasteiger partial charge >= 0.3 is 0 Å². The molecule has 0 unspecified atom stereocenters. The molecule has 0 aromatic rings. The lowest BCUT2D eigenvalue weighted by atomic mass is 10.7. The number of aliphatic hydroxyl groups excluding tert-OH is 1. The summed E-state index contributed by atoms with van der Waals surface area (Å²) < 4.78 is 0. The highest BCUT2D eigenvalue weighted by Crippen LogP contribution is 1.97. The van der Waals surface area contributed by atoms with Crippen molar-refractivity contribution in [2.24, 2.45) is 0 Å². The summed E-state index contributed by atoms with van der Waals surface area (Å²) in [6.07, 6.45) is 1.73. The second kappa shape index (κ2) is 6.05. The number of hydrogen-bond acceptors (Lipinski definition) is 2. The van der Waals surface area contributed by atoms with Crippen molar-refractivity contribution >= 4 is 11.8 Å². The molecule has 0 fully saturated rings. The molecule has 0 amide bonds. The number of aliphatic hydroxyl groups is 1. The molecule has 1 nitrogen and oxygen atoms in total. The van der Waals surface area contributed by atoms with E-state index in [0.717, 1.165) is 5.75 Å². The van der Waals surface area contributed by atoms with Gasteiger partial charge in [-0.05, 0) is 11.2 Å². The van der Waals surface area contributed by atoms with Crippen LogP contribution in [0.25, 0.3) is 0 Å². The normalized spacial score (nSPS) is 10.6. The minimum atomic E-state index is 0.160. The molecule has 2 heteroatoms. The monoisotopic (exact) mass is 118 g/mol. The predicted octanol–water partition coefficient (Wildman–Crippen LogP) is 1.25. The Morgan fingerprint density at radius 2 is 2.43 bits per heavy atom. The fourth-order valence-electron chi connectivity index (χ4n) is 0.207. The lowest BCUT2D eigenvalue weighted by Gasteiger charge is -1.80. The molecule has 0 saturated carbocycles. The molecular formula is C5H10OS. The Hall–Kier alpha value is 0.0500. The van der Waals surface area contributed by atoms with Crippen LogP contribution >= 0.6 is 11.8 Å². The predicted molar refractivity (Wildman–Crippen MR) is 34.4 cm³/mol. The van der Waals surface area contributed by atoms with Crippen LogP contribution in [-0.2, 0) is 0 Å². The summed E-state index contributed by atoms with van der Waals surface area (Å²) in [6.45, 7) is 2.24. The Morgan fingerprint density at radius 3 is 2.86 bits per heavy atom. The Labute approximate surface area is 48.4 Å². The highest BCUT2D eigenvalue weighted by atomic mass is 32.2. The maximum Gasteiger partial charge on any atom is 0.0620 e. The summed E-state index contributed by atoms with van der Waals surface area (Å²) >= 11 is 1.69. The van der Waals surface area contributed by atoms with Crippen molar-refractivity contribution in [3.05, 3.63) is 11.5 Å². The zero-order valence-corrected chi connectivity index (χ0v) is 5.24. The van der Waals surface area contributed by atoms with Gasteiger partial charge in [-0.3, -0.25) is 0 Å². The second-order valence-corrected chi connectivity index (χ2v) is 2.19. The summed E-state index contributed by atoms with van der Waals surface area (Å²) in [6, 6.07) is 0. The third kappa shape index (κ3) is 6.05. The molecule has 0 aliphatic carbocycles. The van der Waals surface area contributed by atoms with Crippen molar-refractivity contribution in [2.45, 2.75) is 6.92 Å². The molecular weight excluding hydrogens is 108 g/mol. The van der Waals surface area contributed by atoms with Crippen molar-refractivity contribution in [3.63, 3.8) is 0 Å². The quantitative estimate of drug-likeness (QED) is 0.601. The first kappa shape index (κ1) is 7.05. The first-order chi connectivity index (χ1) is 3.41. The van der Waals surface area contributed by atoms with Crippen LogP contribution in [0.15, 0.2) is 11.5 Å². The average molecular weight is 118 g/mol. The summed E-state index contributed by atoms with van der Waals surface area (Å²) in [5.74, 6) is 1.08. The van der Waals surface area contributed by atoms with Crippen LogP contribution < -0.4 is 0 Å². The van der Waals surface area contributed by atoms with Crippen LogP contribution in [0.2, 0.25) is 0 Å². The SMILES string of the molecule is CCS/C=C\CO. The van der Waals surface area contributed by atoms with Crippen LogP contribution in [-0.4, -0.2) is 17.5 Å². The molecule has 0 bridgehead atoms. The zero-order valence-electron chi connectivity index (χ0n) is 4.42. The van der Waals surface area contributed by atoms with Crippen LogP contribution in [0.1, 0.15) is 6.92 Å².